The smallest absolute Gasteiger partial charge is 0.323 e. The summed E-state index contributed by atoms with van der Waals surface area (Å²) < 4.78 is 0. The van der Waals surface area contributed by atoms with Crippen LogP contribution >= 0.6 is 0 Å². The highest BCUT2D eigenvalue weighted by atomic mass is 16.4. The summed E-state index contributed by atoms with van der Waals surface area (Å²) in [6.07, 6.45) is 2.46. The summed E-state index contributed by atoms with van der Waals surface area (Å²) in [6, 6.07) is -0.332. The summed E-state index contributed by atoms with van der Waals surface area (Å²) in [7, 11) is 1.47. The van der Waals surface area contributed by atoms with E-state index in [2.05, 4.69) is 10.2 Å². The fourth-order valence-corrected chi connectivity index (χ4v) is 1.74. The molecular weight excluding hydrogens is 210 g/mol. The fourth-order valence-electron chi connectivity index (χ4n) is 1.74. The molecule has 0 aliphatic carbocycles. The standard InChI is InChI=1S/C10H19N3O3/c1-12(8-9(14)15)10(16)11-4-7-13-5-2-3-6-13/h2-8H2,1H3,(H,11,16)(H,14,15). The molecule has 1 aliphatic heterocycles. The first-order valence-electron chi connectivity index (χ1n) is 5.52. The molecule has 0 radical (unpaired) electrons. The van der Waals surface area contributed by atoms with Crippen molar-refractivity contribution in [1.29, 1.82) is 0 Å². The highest BCUT2D eigenvalue weighted by Gasteiger charge is 2.13. The van der Waals surface area contributed by atoms with Crippen LogP contribution < -0.4 is 5.32 Å². The van der Waals surface area contributed by atoms with Gasteiger partial charge >= 0.3 is 12.0 Å². The first-order chi connectivity index (χ1) is 7.59. The first-order valence-corrected chi connectivity index (χ1v) is 5.52. The van der Waals surface area contributed by atoms with Crippen LogP contribution in [0, 0.1) is 0 Å². The second-order valence-electron chi connectivity index (χ2n) is 4.03. The Morgan fingerprint density at radius 3 is 2.56 bits per heavy atom. The van der Waals surface area contributed by atoms with E-state index in [4.69, 9.17) is 5.11 Å². The molecule has 0 aromatic carbocycles. The van der Waals surface area contributed by atoms with Crippen molar-refractivity contribution in [2.75, 3.05) is 39.8 Å². The molecule has 0 unspecified atom stereocenters. The third-order valence-electron chi connectivity index (χ3n) is 2.62. The summed E-state index contributed by atoms with van der Waals surface area (Å²) in [5, 5.41) is 11.2. The van der Waals surface area contributed by atoms with E-state index in [1.165, 1.54) is 19.9 Å². The molecule has 1 fully saturated rings. The zero-order chi connectivity index (χ0) is 12.0. The quantitative estimate of drug-likeness (QED) is 0.685. The van der Waals surface area contributed by atoms with Crippen molar-refractivity contribution < 1.29 is 14.7 Å². The van der Waals surface area contributed by atoms with Crippen LogP contribution in [0.1, 0.15) is 12.8 Å². The number of urea groups is 1. The molecule has 92 valence electrons. The maximum Gasteiger partial charge on any atom is 0.323 e. The highest BCUT2D eigenvalue weighted by molar-refractivity contribution is 5.79. The van der Waals surface area contributed by atoms with Gasteiger partial charge in [0.2, 0.25) is 0 Å². The normalized spacial score (nSPS) is 16.1. The van der Waals surface area contributed by atoms with Crippen molar-refractivity contribution in [2.45, 2.75) is 12.8 Å². The molecule has 0 saturated carbocycles. The Morgan fingerprint density at radius 2 is 2.00 bits per heavy atom. The number of carbonyl (C=O) groups is 2. The van der Waals surface area contributed by atoms with Gasteiger partial charge in [-0.2, -0.15) is 0 Å². The Bertz CT molecular complexity index is 252. The zero-order valence-electron chi connectivity index (χ0n) is 9.61. The number of rotatable bonds is 5. The zero-order valence-corrected chi connectivity index (χ0v) is 9.61. The van der Waals surface area contributed by atoms with Crippen LogP contribution in [0.25, 0.3) is 0 Å². The third-order valence-corrected chi connectivity index (χ3v) is 2.62. The molecule has 1 rings (SSSR count). The van der Waals surface area contributed by atoms with E-state index < -0.39 is 5.97 Å². The molecule has 16 heavy (non-hydrogen) atoms. The van der Waals surface area contributed by atoms with E-state index in [-0.39, 0.29) is 12.6 Å². The molecule has 0 spiro atoms. The lowest BCUT2D eigenvalue weighted by Crippen LogP contribution is -2.42. The number of nitrogens with one attached hydrogen (secondary N) is 1. The second kappa shape index (κ2) is 6.32. The number of carbonyl (C=O) groups excluding carboxylic acids is 1. The maximum absolute atomic E-state index is 11.4. The molecule has 0 aromatic heterocycles. The minimum Gasteiger partial charge on any atom is -0.480 e. The number of likely N-dealkylation sites (tertiary alicyclic amines) is 1. The largest absolute Gasteiger partial charge is 0.480 e. The molecule has 1 heterocycles. The van der Waals surface area contributed by atoms with E-state index in [0.717, 1.165) is 24.5 Å². The van der Waals surface area contributed by atoms with Gasteiger partial charge in [0.05, 0.1) is 0 Å². The van der Waals surface area contributed by atoms with E-state index in [0.29, 0.717) is 6.54 Å². The minimum absolute atomic E-state index is 0.268. The van der Waals surface area contributed by atoms with E-state index in [1.54, 1.807) is 0 Å². The van der Waals surface area contributed by atoms with Crippen LogP contribution in [0.4, 0.5) is 4.79 Å². The van der Waals surface area contributed by atoms with Crippen molar-refractivity contribution in [3.8, 4) is 0 Å². The highest BCUT2D eigenvalue weighted by Crippen LogP contribution is 2.05. The van der Waals surface area contributed by atoms with Crippen LogP contribution in [0.3, 0.4) is 0 Å². The molecule has 0 atom stereocenters. The van der Waals surface area contributed by atoms with Gasteiger partial charge in [-0.3, -0.25) is 4.79 Å². The summed E-state index contributed by atoms with van der Waals surface area (Å²) in [5.74, 6) is -1.00. The van der Waals surface area contributed by atoms with Crippen molar-refractivity contribution in [3.63, 3.8) is 0 Å². The van der Waals surface area contributed by atoms with Gasteiger partial charge in [-0.25, -0.2) is 4.79 Å². The molecule has 1 saturated heterocycles. The molecular formula is C10H19N3O3. The minimum atomic E-state index is -1.00. The number of amides is 2. The Balaban J connectivity index is 2.11. The Labute approximate surface area is 95.2 Å². The van der Waals surface area contributed by atoms with Gasteiger partial charge < -0.3 is 20.2 Å². The number of carboxylic acid groups (broad SMARTS) is 1. The molecule has 2 N–H and O–H groups in total. The first kappa shape index (κ1) is 12.8. The average Bonchev–Trinajstić information content (AvgIpc) is 2.69. The molecule has 0 aromatic rings. The molecule has 1 aliphatic rings. The van der Waals surface area contributed by atoms with Crippen molar-refractivity contribution in [1.82, 2.24) is 15.1 Å². The van der Waals surface area contributed by atoms with E-state index in [9.17, 15) is 9.59 Å². The summed E-state index contributed by atoms with van der Waals surface area (Å²) in [4.78, 5) is 25.2. The number of hydrogen-bond donors (Lipinski definition) is 2. The summed E-state index contributed by atoms with van der Waals surface area (Å²) in [5.41, 5.74) is 0. The molecule has 6 heteroatoms. The van der Waals surface area contributed by atoms with Crippen LogP contribution in [0.15, 0.2) is 0 Å². The van der Waals surface area contributed by atoms with Crippen LogP contribution in [-0.4, -0.2) is 66.7 Å². The maximum atomic E-state index is 11.4. The van der Waals surface area contributed by atoms with Gasteiger partial charge in [-0.15, -0.1) is 0 Å². The number of carboxylic acids is 1. The topological polar surface area (TPSA) is 72.9 Å². The van der Waals surface area contributed by atoms with E-state index >= 15 is 0 Å². The molecule has 0 bridgehead atoms. The van der Waals surface area contributed by atoms with Crippen molar-refractivity contribution in [2.24, 2.45) is 0 Å². The lowest BCUT2D eigenvalue weighted by atomic mass is 10.4. The fraction of sp³-hybridized carbons (Fsp3) is 0.800. The third kappa shape index (κ3) is 4.48. The summed E-state index contributed by atoms with van der Waals surface area (Å²) >= 11 is 0. The number of hydrogen-bond acceptors (Lipinski definition) is 3. The van der Waals surface area contributed by atoms with Gasteiger partial charge in [0.15, 0.2) is 0 Å². The Hall–Kier alpha value is -1.30. The van der Waals surface area contributed by atoms with Gasteiger partial charge in [0.25, 0.3) is 0 Å². The number of aliphatic carboxylic acids is 1. The lowest BCUT2D eigenvalue weighted by Gasteiger charge is -2.18. The van der Waals surface area contributed by atoms with Gasteiger partial charge in [-0.1, -0.05) is 0 Å². The predicted octanol–water partition coefficient (Wildman–Crippen LogP) is -0.192. The monoisotopic (exact) mass is 229 g/mol. The van der Waals surface area contributed by atoms with Crippen LogP contribution in [0.2, 0.25) is 0 Å². The lowest BCUT2D eigenvalue weighted by molar-refractivity contribution is -0.137. The Morgan fingerprint density at radius 1 is 1.38 bits per heavy atom. The van der Waals surface area contributed by atoms with Crippen molar-refractivity contribution >= 4 is 12.0 Å². The van der Waals surface area contributed by atoms with Gasteiger partial charge in [0.1, 0.15) is 6.54 Å². The Kier molecular flexibility index (Phi) is 5.04. The van der Waals surface area contributed by atoms with Gasteiger partial charge in [-0.05, 0) is 25.9 Å². The summed E-state index contributed by atoms with van der Waals surface area (Å²) in [6.45, 7) is 3.34. The van der Waals surface area contributed by atoms with Crippen LogP contribution in [0.5, 0.6) is 0 Å². The predicted molar refractivity (Wildman–Crippen MR) is 59.3 cm³/mol. The number of nitrogens with zero attached hydrogens (tertiary/aromatic N) is 2. The molecule has 6 nitrogen and oxygen atoms in total. The van der Waals surface area contributed by atoms with Gasteiger partial charge in [0, 0.05) is 20.1 Å². The second-order valence-corrected chi connectivity index (χ2v) is 4.03. The van der Waals surface area contributed by atoms with E-state index in [1.807, 2.05) is 0 Å². The van der Waals surface area contributed by atoms with Crippen LogP contribution in [-0.2, 0) is 4.79 Å². The molecule has 2 amide bonds. The average molecular weight is 229 g/mol. The number of likely N-dealkylation sites (N-methyl/N-ethyl adjacent to an activating group) is 1. The van der Waals surface area contributed by atoms with Crippen molar-refractivity contribution in [3.05, 3.63) is 0 Å². The SMILES string of the molecule is CN(CC(=O)O)C(=O)NCCN1CCCC1.